The Morgan fingerprint density at radius 2 is 2.09 bits per heavy atom. The number of nitrogens with zero attached hydrogens (tertiary/aromatic N) is 1. The van der Waals surface area contributed by atoms with Crippen LogP contribution in [-0.2, 0) is 9.53 Å². The molecule has 1 amide bonds. The number of hydrogen-bond acceptors (Lipinski definition) is 3. The van der Waals surface area contributed by atoms with E-state index < -0.39 is 6.04 Å². The largest absolute Gasteiger partial charge is 0.464 e. The molecule has 23 heavy (non-hydrogen) atoms. The summed E-state index contributed by atoms with van der Waals surface area (Å²) < 4.78 is 6.13. The molecular weight excluding hydrogens is 358 g/mol. The lowest BCUT2D eigenvalue weighted by molar-refractivity contribution is -0.148. The first-order valence-corrected chi connectivity index (χ1v) is 9.02. The van der Waals surface area contributed by atoms with Crippen molar-refractivity contribution in [1.82, 2.24) is 4.90 Å². The fraction of sp³-hybridized carbons (Fsp3) is 0.556. The molecule has 1 atom stereocenters. The molecule has 1 aromatic rings. The molecule has 126 valence electrons. The first-order valence-electron chi connectivity index (χ1n) is 8.23. The highest BCUT2D eigenvalue weighted by Gasteiger charge is 2.36. The summed E-state index contributed by atoms with van der Waals surface area (Å²) in [7, 11) is 0. The van der Waals surface area contributed by atoms with E-state index >= 15 is 0 Å². The average molecular weight is 382 g/mol. The number of ether oxygens (including phenoxy) is 1. The number of carbonyl (C=O) groups excluding carboxylic acids is 2. The van der Waals surface area contributed by atoms with E-state index in [9.17, 15) is 9.59 Å². The zero-order valence-corrected chi connectivity index (χ0v) is 15.3. The number of carbonyl (C=O) groups is 2. The van der Waals surface area contributed by atoms with Crippen molar-refractivity contribution in [2.45, 2.75) is 45.6 Å². The first-order chi connectivity index (χ1) is 11.0. The fourth-order valence-corrected chi connectivity index (χ4v) is 3.26. The van der Waals surface area contributed by atoms with E-state index in [1.165, 1.54) is 0 Å². The van der Waals surface area contributed by atoms with Crippen LogP contribution in [0.25, 0.3) is 0 Å². The third-order valence-corrected chi connectivity index (χ3v) is 4.75. The molecule has 0 spiro atoms. The SMILES string of the molecule is CC(C)CCCOC(=O)C1CCCN1C(=O)c1ccccc1Br. The second-order valence-electron chi connectivity index (χ2n) is 6.34. The monoisotopic (exact) mass is 381 g/mol. The Balaban J connectivity index is 1.95. The third-order valence-electron chi connectivity index (χ3n) is 4.06. The fourth-order valence-electron chi connectivity index (χ4n) is 2.80. The lowest BCUT2D eigenvalue weighted by Gasteiger charge is -2.23. The predicted molar refractivity (Wildman–Crippen MR) is 93.2 cm³/mol. The highest BCUT2D eigenvalue weighted by atomic mass is 79.9. The van der Waals surface area contributed by atoms with Gasteiger partial charge in [0.2, 0.25) is 0 Å². The van der Waals surface area contributed by atoms with Gasteiger partial charge in [-0.3, -0.25) is 4.79 Å². The second kappa shape index (κ2) is 8.48. The molecule has 1 aliphatic rings. The van der Waals surface area contributed by atoms with Gasteiger partial charge < -0.3 is 9.64 Å². The molecule has 1 saturated heterocycles. The molecule has 1 aromatic carbocycles. The number of halogens is 1. The molecule has 0 aromatic heterocycles. The molecule has 1 heterocycles. The van der Waals surface area contributed by atoms with Crippen molar-refractivity contribution in [3.8, 4) is 0 Å². The highest BCUT2D eigenvalue weighted by Crippen LogP contribution is 2.24. The molecule has 1 aliphatic heterocycles. The van der Waals surface area contributed by atoms with E-state index in [1.54, 1.807) is 11.0 Å². The van der Waals surface area contributed by atoms with Crippen molar-refractivity contribution >= 4 is 27.8 Å². The number of benzene rings is 1. The molecule has 0 saturated carbocycles. The number of hydrogen-bond donors (Lipinski definition) is 0. The predicted octanol–water partition coefficient (Wildman–Crippen LogP) is 4.03. The van der Waals surface area contributed by atoms with Crippen LogP contribution in [0.15, 0.2) is 28.7 Å². The molecule has 0 N–H and O–H groups in total. The Morgan fingerprint density at radius 3 is 2.78 bits per heavy atom. The summed E-state index contributed by atoms with van der Waals surface area (Å²) in [5, 5.41) is 0. The number of esters is 1. The quantitative estimate of drug-likeness (QED) is 0.551. The average Bonchev–Trinajstić information content (AvgIpc) is 3.00. The zero-order valence-electron chi connectivity index (χ0n) is 13.8. The van der Waals surface area contributed by atoms with E-state index in [-0.39, 0.29) is 11.9 Å². The molecule has 0 bridgehead atoms. The molecule has 0 aliphatic carbocycles. The molecular formula is C18H24BrNO3. The van der Waals surface area contributed by atoms with E-state index in [0.717, 1.165) is 23.7 Å². The van der Waals surface area contributed by atoms with Crippen LogP contribution in [0.4, 0.5) is 0 Å². The Hall–Kier alpha value is -1.36. The van der Waals surface area contributed by atoms with E-state index in [2.05, 4.69) is 29.8 Å². The number of likely N-dealkylation sites (tertiary alicyclic amines) is 1. The van der Waals surface area contributed by atoms with Gasteiger partial charge in [0.1, 0.15) is 6.04 Å². The molecule has 2 rings (SSSR count). The van der Waals surface area contributed by atoms with Gasteiger partial charge in [-0.05, 0) is 59.7 Å². The van der Waals surface area contributed by atoms with Crippen molar-refractivity contribution in [3.05, 3.63) is 34.3 Å². The Morgan fingerprint density at radius 1 is 1.35 bits per heavy atom. The van der Waals surface area contributed by atoms with Crippen LogP contribution in [0.2, 0.25) is 0 Å². The lowest BCUT2D eigenvalue weighted by atomic mass is 10.1. The summed E-state index contributed by atoms with van der Waals surface area (Å²) in [6, 6.07) is 6.85. The van der Waals surface area contributed by atoms with Crippen molar-refractivity contribution < 1.29 is 14.3 Å². The van der Waals surface area contributed by atoms with Gasteiger partial charge in [-0.15, -0.1) is 0 Å². The van der Waals surface area contributed by atoms with Crippen molar-refractivity contribution in [2.24, 2.45) is 5.92 Å². The Bertz CT molecular complexity index is 559. The standard InChI is InChI=1S/C18H24BrNO3/c1-13(2)7-6-12-23-18(22)16-10-5-11-20(16)17(21)14-8-3-4-9-15(14)19/h3-4,8-9,13,16H,5-7,10-12H2,1-2H3. The van der Waals surface area contributed by atoms with E-state index in [1.807, 2.05) is 18.2 Å². The van der Waals surface area contributed by atoms with Gasteiger partial charge in [0, 0.05) is 11.0 Å². The topological polar surface area (TPSA) is 46.6 Å². The zero-order chi connectivity index (χ0) is 16.8. The van der Waals surface area contributed by atoms with Gasteiger partial charge in [0.25, 0.3) is 5.91 Å². The summed E-state index contributed by atoms with van der Waals surface area (Å²) in [6.45, 7) is 5.34. The van der Waals surface area contributed by atoms with Crippen molar-refractivity contribution in [2.75, 3.05) is 13.2 Å². The van der Waals surface area contributed by atoms with E-state index in [4.69, 9.17) is 4.74 Å². The van der Waals surface area contributed by atoms with Gasteiger partial charge in [0.15, 0.2) is 0 Å². The minimum Gasteiger partial charge on any atom is -0.464 e. The summed E-state index contributed by atoms with van der Waals surface area (Å²) in [6.07, 6.45) is 3.42. The summed E-state index contributed by atoms with van der Waals surface area (Å²) in [5.41, 5.74) is 0.590. The van der Waals surface area contributed by atoms with Crippen LogP contribution in [0.3, 0.4) is 0 Å². The van der Waals surface area contributed by atoms with Gasteiger partial charge in [-0.2, -0.15) is 0 Å². The summed E-state index contributed by atoms with van der Waals surface area (Å²) in [4.78, 5) is 26.6. The first kappa shape index (κ1) is 18.0. The molecule has 5 heteroatoms. The van der Waals surface area contributed by atoms with Crippen LogP contribution < -0.4 is 0 Å². The second-order valence-corrected chi connectivity index (χ2v) is 7.19. The van der Waals surface area contributed by atoms with Gasteiger partial charge >= 0.3 is 5.97 Å². The number of amides is 1. The van der Waals surface area contributed by atoms with Gasteiger partial charge in [-0.25, -0.2) is 4.79 Å². The van der Waals surface area contributed by atoms with Crippen LogP contribution in [-0.4, -0.2) is 36.0 Å². The molecule has 1 fully saturated rings. The maximum atomic E-state index is 12.7. The smallest absolute Gasteiger partial charge is 0.328 e. The number of rotatable bonds is 6. The summed E-state index contributed by atoms with van der Waals surface area (Å²) in [5.74, 6) is 0.222. The maximum Gasteiger partial charge on any atom is 0.328 e. The van der Waals surface area contributed by atoms with Crippen LogP contribution in [0, 0.1) is 5.92 Å². The van der Waals surface area contributed by atoms with E-state index in [0.29, 0.717) is 31.1 Å². The van der Waals surface area contributed by atoms with Crippen molar-refractivity contribution in [3.63, 3.8) is 0 Å². The third kappa shape index (κ3) is 4.80. The lowest BCUT2D eigenvalue weighted by Crippen LogP contribution is -2.41. The van der Waals surface area contributed by atoms with Gasteiger partial charge in [0.05, 0.1) is 12.2 Å². The van der Waals surface area contributed by atoms with Crippen LogP contribution in [0.1, 0.15) is 49.9 Å². The molecule has 4 nitrogen and oxygen atoms in total. The minimum atomic E-state index is -0.450. The highest BCUT2D eigenvalue weighted by molar-refractivity contribution is 9.10. The molecule has 0 radical (unpaired) electrons. The maximum absolute atomic E-state index is 12.7. The van der Waals surface area contributed by atoms with Crippen molar-refractivity contribution in [1.29, 1.82) is 0 Å². The summed E-state index contributed by atoms with van der Waals surface area (Å²) >= 11 is 3.40. The van der Waals surface area contributed by atoms with Crippen LogP contribution >= 0.6 is 15.9 Å². The van der Waals surface area contributed by atoms with Gasteiger partial charge in [-0.1, -0.05) is 26.0 Å². The normalized spacial score (nSPS) is 17.6. The minimum absolute atomic E-state index is 0.112. The Labute approximate surface area is 146 Å². The molecule has 1 unspecified atom stereocenters. The Kier molecular flexibility index (Phi) is 6.63. The van der Waals surface area contributed by atoms with Crippen LogP contribution in [0.5, 0.6) is 0 Å².